The van der Waals surface area contributed by atoms with Crippen molar-refractivity contribution in [2.45, 2.75) is 28.5 Å². The normalized spacial score (nSPS) is 25.5. The average molecular weight is 463 g/mol. The molecule has 0 spiro atoms. The molecule has 162 valence electrons. The first kappa shape index (κ1) is 20.5. The molecule has 2 fully saturated rings. The lowest BCUT2D eigenvalue weighted by molar-refractivity contribution is 0.0690. The lowest BCUT2D eigenvalue weighted by Crippen LogP contribution is -2.44. The molecule has 4 heterocycles. The van der Waals surface area contributed by atoms with E-state index in [1.165, 1.54) is 12.1 Å². The highest BCUT2D eigenvalue weighted by atomic mass is 32.2. The summed E-state index contributed by atoms with van der Waals surface area (Å²) in [5.74, 6) is 0.0234. The number of nitrogens with zero attached hydrogens (tertiary/aromatic N) is 2. The number of nitrogens with one attached hydrogen (secondary N) is 2. The van der Waals surface area contributed by atoms with Crippen molar-refractivity contribution < 1.29 is 22.3 Å². The fraction of sp³-hybridized carbons (Fsp3) is 0.300. The summed E-state index contributed by atoms with van der Waals surface area (Å²) >= 11 is 1.16. The van der Waals surface area contributed by atoms with Gasteiger partial charge in [-0.2, -0.15) is 0 Å². The molecule has 0 aliphatic carbocycles. The highest BCUT2D eigenvalue weighted by molar-refractivity contribution is 7.91. The van der Waals surface area contributed by atoms with Gasteiger partial charge in [-0.05, 0) is 29.6 Å². The second kappa shape index (κ2) is 8.24. The first-order valence-electron chi connectivity index (χ1n) is 9.64. The average Bonchev–Trinajstić information content (AvgIpc) is 3.49. The van der Waals surface area contributed by atoms with Crippen LogP contribution in [0.5, 0.6) is 0 Å². The third-order valence-electron chi connectivity index (χ3n) is 5.21. The van der Waals surface area contributed by atoms with E-state index >= 15 is 0 Å². The monoisotopic (exact) mass is 462 g/mol. The van der Waals surface area contributed by atoms with Crippen molar-refractivity contribution in [3.63, 3.8) is 0 Å². The van der Waals surface area contributed by atoms with Crippen molar-refractivity contribution in [3.8, 4) is 11.3 Å². The van der Waals surface area contributed by atoms with Gasteiger partial charge in [0, 0.05) is 11.8 Å². The van der Waals surface area contributed by atoms with Crippen LogP contribution in [0.3, 0.4) is 0 Å². The predicted molar refractivity (Wildman–Crippen MR) is 113 cm³/mol. The molecule has 4 atom stereocenters. The molecule has 5 rings (SSSR count). The molecule has 4 unspecified atom stereocenters. The van der Waals surface area contributed by atoms with Crippen molar-refractivity contribution in [1.82, 2.24) is 14.7 Å². The van der Waals surface area contributed by atoms with E-state index in [1.54, 1.807) is 41.9 Å². The number of hydrogen-bond acceptors (Lipinski definition) is 8. The first-order chi connectivity index (χ1) is 15.0. The minimum Gasteiger partial charge on any atom is -0.371 e. The third-order valence-corrected chi connectivity index (χ3v) is 8.10. The smallest absolute Gasteiger partial charge is 0.250 e. The zero-order chi connectivity index (χ0) is 21.4. The van der Waals surface area contributed by atoms with Crippen LogP contribution >= 0.6 is 11.3 Å². The van der Waals surface area contributed by atoms with Gasteiger partial charge in [0.25, 0.3) is 0 Å². The Morgan fingerprint density at radius 3 is 2.65 bits per heavy atom. The Hall–Kier alpha value is -2.44. The second-order valence-electron chi connectivity index (χ2n) is 7.28. The van der Waals surface area contributed by atoms with E-state index in [2.05, 4.69) is 20.0 Å². The molecule has 0 amide bonds. The number of fused-ring (bicyclic) bond motifs is 1. The summed E-state index contributed by atoms with van der Waals surface area (Å²) in [6.45, 7) is 0.530. The van der Waals surface area contributed by atoms with E-state index in [0.717, 1.165) is 11.3 Å². The first-order valence-corrected chi connectivity index (χ1v) is 12.0. The molecule has 0 saturated carbocycles. The molecule has 2 aliphatic rings. The van der Waals surface area contributed by atoms with Gasteiger partial charge in [0.05, 0.1) is 31.0 Å². The molecule has 3 aromatic rings. The van der Waals surface area contributed by atoms with Crippen LogP contribution in [0, 0.1) is 5.82 Å². The number of benzene rings is 1. The Morgan fingerprint density at radius 1 is 1.06 bits per heavy atom. The number of anilines is 1. The zero-order valence-corrected chi connectivity index (χ0v) is 17.8. The topological polar surface area (TPSA) is 102 Å². The highest BCUT2D eigenvalue weighted by Crippen LogP contribution is 2.30. The van der Waals surface area contributed by atoms with Crippen LogP contribution in [0.4, 0.5) is 10.3 Å². The largest absolute Gasteiger partial charge is 0.371 e. The molecule has 2 saturated heterocycles. The predicted octanol–water partition coefficient (Wildman–Crippen LogP) is 2.27. The molecule has 11 heteroatoms. The van der Waals surface area contributed by atoms with Gasteiger partial charge in [-0.15, -0.1) is 11.3 Å². The molecule has 31 heavy (non-hydrogen) atoms. The lowest BCUT2D eigenvalue weighted by Gasteiger charge is -2.18. The summed E-state index contributed by atoms with van der Waals surface area (Å²) in [5.41, 5.74) is 1.23. The molecular weight excluding hydrogens is 443 g/mol. The van der Waals surface area contributed by atoms with Crippen LogP contribution in [-0.4, -0.2) is 55.9 Å². The number of ether oxygens (including phenoxy) is 2. The van der Waals surface area contributed by atoms with Gasteiger partial charge in [0.1, 0.15) is 22.2 Å². The summed E-state index contributed by atoms with van der Waals surface area (Å²) in [6, 6.07) is 10.4. The maximum atomic E-state index is 13.5. The van der Waals surface area contributed by atoms with E-state index < -0.39 is 22.2 Å². The summed E-state index contributed by atoms with van der Waals surface area (Å²) in [7, 11) is -3.62. The van der Waals surface area contributed by atoms with E-state index in [4.69, 9.17) is 9.47 Å². The van der Waals surface area contributed by atoms with Crippen LogP contribution < -0.4 is 10.0 Å². The van der Waals surface area contributed by atoms with Crippen LogP contribution in [0.25, 0.3) is 11.3 Å². The fourth-order valence-electron chi connectivity index (χ4n) is 3.80. The van der Waals surface area contributed by atoms with E-state index in [1.807, 2.05) is 0 Å². The lowest BCUT2D eigenvalue weighted by atomic mass is 10.1. The number of halogens is 1. The van der Waals surface area contributed by atoms with Gasteiger partial charge in [-0.1, -0.05) is 18.2 Å². The van der Waals surface area contributed by atoms with E-state index in [9.17, 15) is 12.8 Å². The van der Waals surface area contributed by atoms with E-state index in [0.29, 0.717) is 23.8 Å². The Labute approximate surface area is 182 Å². The Morgan fingerprint density at radius 2 is 1.87 bits per heavy atom. The molecule has 2 N–H and O–H groups in total. The highest BCUT2D eigenvalue weighted by Gasteiger charge is 2.49. The zero-order valence-electron chi connectivity index (χ0n) is 16.1. The Kier molecular flexibility index (Phi) is 5.44. The van der Waals surface area contributed by atoms with Crippen LogP contribution in [0.2, 0.25) is 0 Å². The van der Waals surface area contributed by atoms with Crippen LogP contribution in [0.1, 0.15) is 0 Å². The van der Waals surface area contributed by atoms with Crippen molar-refractivity contribution in [2.24, 2.45) is 0 Å². The number of rotatable bonds is 6. The molecule has 2 aliphatic heterocycles. The Balaban J connectivity index is 1.27. The number of sulfonamides is 1. The minimum atomic E-state index is -3.62. The van der Waals surface area contributed by atoms with Gasteiger partial charge < -0.3 is 14.8 Å². The maximum absolute atomic E-state index is 13.5. The number of thiophene rings is 1. The molecule has 8 nitrogen and oxygen atoms in total. The van der Waals surface area contributed by atoms with Crippen molar-refractivity contribution in [3.05, 3.63) is 59.9 Å². The van der Waals surface area contributed by atoms with Crippen LogP contribution in [-0.2, 0) is 19.5 Å². The molecule has 0 bridgehead atoms. The number of hydrogen-bond donors (Lipinski definition) is 2. The van der Waals surface area contributed by atoms with Gasteiger partial charge in [-0.3, -0.25) is 0 Å². The minimum absolute atomic E-state index is 0.211. The van der Waals surface area contributed by atoms with Gasteiger partial charge in [0.2, 0.25) is 16.0 Å². The quantitative estimate of drug-likeness (QED) is 0.579. The summed E-state index contributed by atoms with van der Waals surface area (Å²) in [6.07, 6.45) is 0.826. The van der Waals surface area contributed by atoms with Gasteiger partial charge in [0.15, 0.2) is 0 Å². The van der Waals surface area contributed by atoms with Crippen molar-refractivity contribution in [2.75, 3.05) is 18.5 Å². The number of aromatic nitrogens is 2. The van der Waals surface area contributed by atoms with Gasteiger partial charge in [-0.25, -0.2) is 27.5 Å². The molecule has 0 radical (unpaired) electrons. The second-order valence-corrected chi connectivity index (χ2v) is 10.2. The summed E-state index contributed by atoms with van der Waals surface area (Å²) in [4.78, 5) is 8.70. The fourth-order valence-corrected chi connectivity index (χ4v) is 6.04. The summed E-state index contributed by atoms with van der Waals surface area (Å²) < 4.78 is 53.2. The SMILES string of the molecule is O=S(=O)(NC1COC2C(Nc3nccc(-c4cccc(F)c4)n3)COC12)c1cccs1. The molecule has 2 aromatic heterocycles. The standard InChI is InChI=1S/C20H19FN4O4S2/c21-13-4-1-3-12(9-13)14-6-7-22-20(23-14)24-15-10-28-19-16(11-29-18(15)19)25-31(26,27)17-5-2-8-30-17/h1-9,15-16,18-19,25H,10-11H2,(H,22,23,24). The van der Waals surface area contributed by atoms with Crippen LogP contribution in [0.15, 0.2) is 58.3 Å². The maximum Gasteiger partial charge on any atom is 0.250 e. The van der Waals surface area contributed by atoms with Gasteiger partial charge >= 0.3 is 0 Å². The summed E-state index contributed by atoms with van der Waals surface area (Å²) in [5, 5.41) is 4.92. The Bertz CT molecular complexity index is 1180. The third kappa shape index (κ3) is 4.19. The van der Waals surface area contributed by atoms with E-state index in [-0.39, 0.29) is 28.8 Å². The molecule has 1 aromatic carbocycles. The molecular formula is C20H19FN4O4S2. The van der Waals surface area contributed by atoms with Crippen molar-refractivity contribution in [1.29, 1.82) is 0 Å². The van der Waals surface area contributed by atoms with Crippen molar-refractivity contribution >= 4 is 27.3 Å².